The molecule has 0 aliphatic heterocycles. The van der Waals surface area contributed by atoms with Gasteiger partial charge in [-0.15, -0.1) is 0 Å². The fourth-order valence-electron chi connectivity index (χ4n) is 2.05. The quantitative estimate of drug-likeness (QED) is 0.715. The summed E-state index contributed by atoms with van der Waals surface area (Å²) in [7, 11) is -2.04. The van der Waals surface area contributed by atoms with Crippen LogP contribution in [-0.4, -0.2) is 25.7 Å². The van der Waals surface area contributed by atoms with Crippen molar-refractivity contribution in [3.05, 3.63) is 60.5 Å². The van der Waals surface area contributed by atoms with Crippen LogP contribution in [0.5, 0.6) is 5.75 Å². The Morgan fingerprint density at radius 3 is 2.39 bits per heavy atom. The molecule has 2 aromatic carbocycles. The van der Waals surface area contributed by atoms with Crippen LogP contribution in [0.1, 0.15) is 5.89 Å². The molecule has 6 nitrogen and oxygen atoms in total. The molecule has 0 aliphatic carbocycles. The van der Waals surface area contributed by atoms with Gasteiger partial charge in [-0.1, -0.05) is 35.5 Å². The van der Waals surface area contributed by atoms with Gasteiger partial charge in [-0.05, 0) is 24.3 Å². The van der Waals surface area contributed by atoms with E-state index in [1.54, 1.807) is 12.1 Å². The van der Waals surface area contributed by atoms with E-state index in [0.717, 1.165) is 5.56 Å². The monoisotopic (exact) mass is 330 g/mol. The normalized spacial score (nSPS) is 11.3. The minimum absolute atomic E-state index is 0.0553. The predicted octanol–water partition coefficient (Wildman–Crippen LogP) is 2.72. The largest absolute Gasteiger partial charge is 0.497 e. The number of nitrogens with zero attached hydrogens (tertiary/aromatic N) is 2. The van der Waals surface area contributed by atoms with E-state index in [-0.39, 0.29) is 16.5 Å². The number of sulfone groups is 1. The van der Waals surface area contributed by atoms with Crippen LogP contribution in [0.15, 0.2) is 64.0 Å². The Labute approximate surface area is 133 Å². The fourth-order valence-corrected chi connectivity index (χ4v) is 3.21. The maximum absolute atomic E-state index is 12.4. The molecule has 7 heteroatoms. The van der Waals surface area contributed by atoms with Crippen molar-refractivity contribution in [1.82, 2.24) is 10.1 Å². The average Bonchev–Trinajstić information content (AvgIpc) is 3.03. The molecule has 1 heterocycles. The zero-order valence-corrected chi connectivity index (χ0v) is 13.2. The highest BCUT2D eigenvalue weighted by molar-refractivity contribution is 7.90. The van der Waals surface area contributed by atoms with Crippen LogP contribution < -0.4 is 4.74 Å². The third-order valence-corrected chi connectivity index (χ3v) is 4.85. The van der Waals surface area contributed by atoms with Gasteiger partial charge < -0.3 is 9.26 Å². The van der Waals surface area contributed by atoms with Crippen molar-refractivity contribution in [3.8, 4) is 17.1 Å². The summed E-state index contributed by atoms with van der Waals surface area (Å²) in [5.74, 6) is 0.664. The first-order valence-electron chi connectivity index (χ1n) is 6.83. The summed E-state index contributed by atoms with van der Waals surface area (Å²) >= 11 is 0. The van der Waals surface area contributed by atoms with Gasteiger partial charge in [0.1, 0.15) is 11.5 Å². The summed E-state index contributed by atoms with van der Waals surface area (Å²) < 4.78 is 34.8. The third-order valence-electron chi connectivity index (χ3n) is 3.23. The summed E-state index contributed by atoms with van der Waals surface area (Å²) in [6.45, 7) is 0. The average molecular weight is 330 g/mol. The predicted molar refractivity (Wildman–Crippen MR) is 83.6 cm³/mol. The van der Waals surface area contributed by atoms with Gasteiger partial charge in [0, 0.05) is 5.56 Å². The molecular formula is C16H14N2O4S. The first-order valence-corrected chi connectivity index (χ1v) is 8.48. The highest BCUT2D eigenvalue weighted by atomic mass is 32.2. The molecule has 0 spiro atoms. The van der Waals surface area contributed by atoms with E-state index in [1.807, 2.05) is 30.3 Å². The van der Waals surface area contributed by atoms with Gasteiger partial charge in [0.15, 0.2) is 9.84 Å². The summed E-state index contributed by atoms with van der Waals surface area (Å²) in [6, 6.07) is 15.4. The number of hydrogen-bond acceptors (Lipinski definition) is 6. The molecule has 0 aliphatic rings. The molecule has 0 bridgehead atoms. The van der Waals surface area contributed by atoms with E-state index < -0.39 is 9.84 Å². The molecule has 23 heavy (non-hydrogen) atoms. The van der Waals surface area contributed by atoms with E-state index >= 15 is 0 Å². The zero-order chi connectivity index (χ0) is 16.3. The van der Waals surface area contributed by atoms with Gasteiger partial charge in [-0.25, -0.2) is 8.42 Å². The highest BCUT2D eigenvalue weighted by Gasteiger charge is 2.20. The van der Waals surface area contributed by atoms with Gasteiger partial charge in [-0.3, -0.25) is 0 Å². The number of benzene rings is 2. The highest BCUT2D eigenvalue weighted by Crippen LogP contribution is 2.21. The maximum atomic E-state index is 12.4. The van der Waals surface area contributed by atoms with Crippen LogP contribution >= 0.6 is 0 Å². The molecular weight excluding hydrogens is 316 g/mol. The molecule has 0 saturated carbocycles. The Morgan fingerprint density at radius 1 is 1.04 bits per heavy atom. The zero-order valence-electron chi connectivity index (χ0n) is 12.3. The third kappa shape index (κ3) is 3.40. The molecule has 0 radical (unpaired) electrons. The van der Waals surface area contributed by atoms with Crippen molar-refractivity contribution < 1.29 is 17.7 Å². The second-order valence-electron chi connectivity index (χ2n) is 4.81. The van der Waals surface area contributed by atoms with Crippen LogP contribution in [0.3, 0.4) is 0 Å². The second-order valence-corrected chi connectivity index (χ2v) is 6.80. The Morgan fingerprint density at radius 2 is 1.74 bits per heavy atom. The van der Waals surface area contributed by atoms with Gasteiger partial charge in [0.25, 0.3) is 0 Å². The lowest BCUT2D eigenvalue weighted by Crippen LogP contribution is -2.05. The number of ether oxygens (including phenoxy) is 1. The van der Waals surface area contributed by atoms with Crippen LogP contribution in [-0.2, 0) is 15.6 Å². The number of hydrogen-bond donors (Lipinski definition) is 0. The smallest absolute Gasteiger partial charge is 0.242 e. The van der Waals surface area contributed by atoms with Crippen LogP contribution in [0.25, 0.3) is 11.4 Å². The lowest BCUT2D eigenvalue weighted by molar-refractivity contribution is 0.389. The van der Waals surface area contributed by atoms with Gasteiger partial charge in [0.05, 0.1) is 12.0 Å². The minimum atomic E-state index is -3.56. The van der Waals surface area contributed by atoms with Gasteiger partial charge in [0.2, 0.25) is 11.7 Å². The topological polar surface area (TPSA) is 82.3 Å². The first kappa shape index (κ1) is 15.2. The standard InChI is InChI=1S/C16H14N2O4S/c1-21-13-7-9-14(10-8-13)23(19,20)11-15-17-16(18-22-15)12-5-3-2-4-6-12/h2-10H,11H2,1H3. The molecule has 0 fully saturated rings. The van der Waals surface area contributed by atoms with Crippen molar-refractivity contribution in [2.45, 2.75) is 10.6 Å². The summed E-state index contributed by atoms with van der Waals surface area (Å²) in [6.07, 6.45) is 0. The van der Waals surface area contributed by atoms with Crippen LogP contribution in [0.2, 0.25) is 0 Å². The van der Waals surface area contributed by atoms with Crippen molar-refractivity contribution in [1.29, 1.82) is 0 Å². The molecule has 0 atom stereocenters. The lowest BCUT2D eigenvalue weighted by Gasteiger charge is -2.03. The van der Waals surface area contributed by atoms with E-state index in [0.29, 0.717) is 11.6 Å². The number of aromatic nitrogens is 2. The lowest BCUT2D eigenvalue weighted by atomic mass is 10.2. The van der Waals surface area contributed by atoms with E-state index in [9.17, 15) is 8.42 Å². The molecule has 118 valence electrons. The van der Waals surface area contributed by atoms with Crippen molar-refractivity contribution in [3.63, 3.8) is 0 Å². The summed E-state index contributed by atoms with van der Waals surface area (Å²) in [5, 5.41) is 3.82. The number of methoxy groups -OCH3 is 1. The Balaban J connectivity index is 1.82. The first-order chi connectivity index (χ1) is 11.1. The molecule has 0 unspecified atom stereocenters. The fraction of sp³-hybridized carbons (Fsp3) is 0.125. The summed E-state index contributed by atoms with van der Waals surface area (Å²) in [4.78, 5) is 4.32. The van der Waals surface area contributed by atoms with Crippen LogP contribution in [0.4, 0.5) is 0 Å². The van der Waals surface area contributed by atoms with Gasteiger partial charge >= 0.3 is 0 Å². The Hall–Kier alpha value is -2.67. The Bertz CT molecular complexity index is 887. The van der Waals surface area contributed by atoms with Crippen LogP contribution in [0, 0.1) is 0 Å². The molecule has 0 N–H and O–H groups in total. The molecule has 3 rings (SSSR count). The van der Waals surface area contributed by atoms with E-state index in [1.165, 1.54) is 19.2 Å². The van der Waals surface area contributed by atoms with Crippen molar-refractivity contribution >= 4 is 9.84 Å². The second kappa shape index (κ2) is 6.21. The van der Waals surface area contributed by atoms with E-state index in [4.69, 9.17) is 9.26 Å². The molecule has 0 amide bonds. The molecule has 3 aromatic rings. The van der Waals surface area contributed by atoms with Crippen molar-refractivity contribution in [2.75, 3.05) is 7.11 Å². The van der Waals surface area contributed by atoms with E-state index in [2.05, 4.69) is 10.1 Å². The SMILES string of the molecule is COc1ccc(S(=O)(=O)Cc2nc(-c3ccccc3)no2)cc1. The summed E-state index contributed by atoms with van der Waals surface area (Å²) in [5.41, 5.74) is 0.768. The van der Waals surface area contributed by atoms with Gasteiger partial charge in [-0.2, -0.15) is 4.98 Å². The number of rotatable bonds is 5. The molecule has 1 aromatic heterocycles. The maximum Gasteiger partial charge on any atom is 0.242 e. The Kier molecular flexibility index (Phi) is 4.12. The minimum Gasteiger partial charge on any atom is -0.497 e. The van der Waals surface area contributed by atoms with Crippen molar-refractivity contribution in [2.24, 2.45) is 0 Å². The molecule has 0 saturated heterocycles.